The zero-order valence-electron chi connectivity index (χ0n) is 26.0. The van der Waals surface area contributed by atoms with Crippen LogP contribution in [0.4, 0.5) is 0 Å². The van der Waals surface area contributed by atoms with Crippen molar-refractivity contribution in [2.24, 2.45) is 11.7 Å². The van der Waals surface area contributed by atoms with Crippen LogP contribution in [0.1, 0.15) is 58.9 Å². The van der Waals surface area contributed by atoms with Gasteiger partial charge in [-0.1, -0.05) is 32.4 Å². The lowest BCUT2D eigenvalue weighted by Crippen LogP contribution is -2.59. The maximum absolute atomic E-state index is 13.2. The Balaban J connectivity index is 3.02. The number of amides is 6. The van der Waals surface area contributed by atoms with Crippen LogP contribution < -0.4 is 32.3 Å². The van der Waals surface area contributed by atoms with E-state index >= 15 is 0 Å². The van der Waals surface area contributed by atoms with Crippen molar-refractivity contribution in [2.75, 3.05) is 0 Å². The number of rotatable bonds is 19. The molecule has 1 aromatic carbocycles. The van der Waals surface area contributed by atoms with Crippen molar-refractivity contribution >= 4 is 47.4 Å². The van der Waals surface area contributed by atoms with Crippen LogP contribution >= 0.6 is 0 Å². The largest absolute Gasteiger partial charge is 0.508 e. The highest BCUT2D eigenvalue weighted by Gasteiger charge is 2.33. The first-order chi connectivity index (χ1) is 21.4. The van der Waals surface area contributed by atoms with Crippen LogP contribution in [0.15, 0.2) is 24.3 Å². The molecule has 0 spiro atoms. The Labute approximate surface area is 265 Å². The summed E-state index contributed by atoms with van der Waals surface area (Å²) in [5.41, 5.74) is 6.08. The van der Waals surface area contributed by atoms with Gasteiger partial charge in [0, 0.05) is 19.8 Å². The Kier molecular flexibility index (Phi) is 15.7. The smallest absolute Gasteiger partial charge is 0.305 e. The van der Waals surface area contributed by atoms with E-state index in [0.717, 1.165) is 6.92 Å². The SMILES string of the molecule is CC[C@H](C)[C@H](NC(=O)[C@H](C)NC(=O)[C@H](CC(=O)O)NC(=O)[C@H](CCC(=O)O)NC(C)=O)C(=O)N[C@@H](Cc1ccc(O)cc1)C(N)=O. The van der Waals surface area contributed by atoms with Crippen molar-refractivity contribution in [1.29, 1.82) is 0 Å². The Bertz CT molecular complexity index is 1290. The summed E-state index contributed by atoms with van der Waals surface area (Å²) in [5, 5.41) is 39.4. The quantitative estimate of drug-likeness (QED) is 0.0811. The summed E-state index contributed by atoms with van der Waals surface area (Å²) in [5.74, 6) is -8.37. The van der Waals surface area contributed by atoms with Crippen LogP contribution in [0.25, 0.3) is 0 Å². The number of carbonyl (C=O) groups is 8. The third-order valence-corrected chi connectivity index (χ3v) is 6.93. The van der Waals surface area contributed by atoms with Crippen molar-refractivity contribution in [3.63, 3.8) is 0 Å². The zero-order valence-corrected chi connectivity index (χ0v) is 26.0. The Hall–Kier alpha value is -5.22. The van der Waals surface area contributed by atoms with Crippen molar-refractivity contribution in [2.45, 2.75) is 90.0 Å². The number of nitrogens with two attached hydrogens (primary N) is 1. The maximum Gasteiger partial charge on any atom is 0.305 e. The molecule has 254 valence electrons. The third kappa shape index (κ3) is 13.6. The molecule has 46 heavy (non-hydrogen) atoms. The van der Waals surface area contributed by atoms with Gasteiger partial charge in [0.1, 0.15) is 36.0 Å². The molecular formula is C29H42N6O11. The van der Waals surface area contributed by atoms with E-state index in [1.807, 2.05) is 0 Å². The molecule has 0 aliphatic heterocycles. The fourth-order valence-corrected chi connectivity index (χ4v) is 4.15. The van der Waals surface area contributed by atoms with Crippen LogP contribution in [-0.4, -0.2) is 92.9 Å². The van der Waals surface area contributed by atoms with Gasteiger partial charge in [-0.05, 0) is 37.0 Å². The molecular weight excluding hydrogens is 608 g/mol. The second-order valence-electron chi connectivity index (χ2n) is 10.8. The lowest BCUT2D eigenvalue weighted by Gasteiger charge is -2.28. The summed E-state index contributed by atoms with van der Waals surface area (Å²) < 4.78 is 0. The molecule has 1 rings (SSSR count). The van der Waals surface area contributed by atoms with Gasteiger partial charge >= 0.3 is 11.9 Å². The highest BCUT2D eigenvalue weighted by atomic mass is 16.4. The Morgan fingerprint density at radius 1 is 0.739 bits per heavy atom. The first kappa shape index (κ1) is 38.8. The average molecular weight is 651 g/mol. The number of phenols is 1. The van der Waals surface area contributed by atoms with Gasteiger partial charge in [-0.25, -0.2) is 0 Å². The minimum atomic E-state index is -1.72. The molecule has 0 radical (unpaired) electrons. The van der Waals surface area contributed by atoms with E-state index in [1.165, 1.54) is 19.1 Å². The predicted molar refractivity (Wildman–Crippen MR) is 161 cm³/mol. The molecule has 0 saturated heterocycles. The van der Waals surface area contributed by atoms with Crippen LogP contribution in [0.3, 0.4) is 0 Å². The fraction of sp³-hybridized carbons (Fsp3) is 0.517. The van der Waals surface area contributed by atoms with E-state index in [1.54, 1.807) is 26.0 Å². The van der Waals surface area contributed by atoms with E-state index in [-0.39, 0.29) is 18.6 Å². The molecule has 0 aliphatic rings. The number of carboxylic acids is 2. The molecule has 0 heterocycles. The van der Waals surface area contributed by atoms with Crippen molar-refractivity contribution < 1.29 is 53.7 Å². The lowest BCUT2D eigenvalue weighted by atomic mass is 9.97. The van der Waals surface area contributed by atoms with Gasteiger partial charge in [0.2, 0.25) is 35.4 Å². The van der Waals surface area contributed by atoms with Crippen molar-refractivity contribution in [1.82, 2.24) is 26.6 Å². The molecule has 0 aromatic heterocycles. The predicted octanol–water partition coefficient (Wildman–Crippen LogP) is -1.73. The summed E-state index contributed by atoms with van der Waals surface area (Å²) in [7, 11) is 0. The monoisotopic (exact) mass is 650 g/mol. The lowest BCUT2D eigenvalue weighted by molar-refractivity contribution is -0.141. The summed E-state index contributed by atoms with van der Waals surface area (Å²) in [6.07, 6.45) is -1.34. The molecule has 0 bridgehead atoms. The highest BCUT2D eigenvalue weighted by Crippen LogP contribution is 2.13. The van der Waals surface area contributed by atoms with Crippen LogP contribution in [0, 0.1) is 5.92 Å². The van der Waals surface area contributed by atoms with E-state index in [2.05, 4.69) is 26.6 Å². The zero-order chi connectivity index (χ0) is 35.1. The van der Waals surface area contributed by atoms with Crippen LogP contribution in [0.5, 0.6) is 5.75 Å². The molecule has 17 nitrogen and oxygen atoms in total. The number of hydrogen-bond donors (Lipinski definition) is 9. The normalized spacial score (nSPS) is 14.6. The minimum Gasteiger partial charge on any atom is -0.508 e. The van der Waals surface area contributed by atoms with Gasteiger partial charge in [0.15, 0.2) is 0 Å². The van der Waals surface area contributed by atoms with Crippen molar-refractivity contribution in [3.8, 4) is 5.75 Å². The maximum atomic E-state index is 13.2. The second kappa shape index (κ2) is 18.6. The molecule has 1 aromatic rings. The summed E-state index contributed by atoms with van der Waals surface area (Å²) in [6, 6.07) is -0.881. The first-order valence-corrected chi connectivity index (χ1v) is 14.4. The van der Waals surface area contributed by atoms with Crippen molar-refractivity contribution in [3.05, 3.63) is 29.8 Å². The Morgan fingerprint density at radius 2 is 1.30 bits per heavy atom. The van der Waals surface area contributed by atoms with Crippen LogP contribution in [-0.2, 0) is 44.8 Å². The molecule has 6 atom stereocenters. The highest BCUT2D eigenvalue weighted by molar-refractivity contribution is 5.97. The van der Waals surface area contributed by atoms with Gasteiger partial charge < -0.3 is 47.6 Å². The first-order valence-electron chi connectivity index (χ1n) is 14.4. The number of benzene rings is 1. The number of phenolic OH excluding ortho intramolecular Hbond substituents is 1. The van der Waals surface area contributed by atoms with E-state index in [9.17, 15) is 48.6 Å². The van der Waals surface area contributed by atoms with E-state index < -0.39 is 96.4 Å². The molecule has 0 saturated carbocycles. The molecule has 0 fully saturated rings. The van der Waals surface area contributed by atoms with E-state index in [4.69, 9.17) is 10.8 Å². The topological polar surface area (TPSA) is 283 Å². The standard InChI is InChI=1S/C29H42N6O11/c1-5-14(2)24(29(46)33-20(25(30)42)12-17-6-8-18(37)9-7-17)35-26(43)15(3)31-28(45)21(13-23(40)41)34-27(44)19(32-16(4)36)10-11-22(38)39/h6-9,14-15,19-21,24,37H,5,10-13H2,1-4H3,(H2,30,42)(H,31,45)(H,32,36)(H,33,46)(H,34,44)(H,35,43)(H,38,39)(H,40,41)/t14-,15-,19-,20-,21-,24-/m0/s1. The third-order valence-electron chi connectivity index (χ3n) is 6.93. The molecule has 6 amide bonds. The second-order valence-corrected chi connectivity index (χ2v) is 10.8. The number of carboxylic acid groups (broad SMARTS) is 2. The molecule has 10 N–H and O–H groups in total. The molecule has 0 aliphatic carbocycles. The number of aromatic hydroxyl groups is 1. The average Bonchev–Trinajstić information content (AvgIpc) is 2.96. The van der Waals surface area contributed by atoms with Gasteiger partial charge in [0.25, 0.3) is 0 Å². The van der Waals surface area contributed by atoms with Gasteiger partial charge in [-0.15, -0.1) is 0 Å². The Morgan fingerprint density at radius 3 is 1.80 bits per heavy atom. The summed E-state index contributed by atoms with van der Waals surface area (Å²) in [4.78, 5) is 98.0. The molecule has 0 unspecified atom stereocenters. The number of hydrogen-bond acceptors (Lipinski definition) is 9. The fourth-order valence-electron chi connectivity index (χ4n) is 4.15. The summed E-state index contributed by atoms with van der Waals surface area (Å²) >= 11 is 0. The van der Waals surface area contributed by atoms with E-state index in [0.29, 0.717) is 12.0 Å². The molecule has 17 heteroatoms. The number of primary amides is 1. The van der Waals surface area contributed by atoms with Crippen LogP contribution in [0.2, 0.25) is 0 Å². The van der Waals surface area contributed by atoms with Gasteiger partial charge in [0.05, 0.1) is 6.42 Å². The number of aliphatic carboxylic acids is 2. The van der Waals surface area contributed by atoms with Gasteiger partial charge in [-0.2, -0.15) is 0 Å². The minimum absolute atomic E-state index is 0.00474. The number of carbonyl (C=O) groups excluding carboxylic acids is 6. The summed E-state index contributed by atoms with van der Waals surface area (Å²) in [6.45, 7) is 5.76. The van der Waals surface area contributed by atoms with Gasteiger partial charge in [-0.3, -0.25) is 38.4 Å². The number of nitrogens with one attached hydrogen (secondary N) is 5.